The van der Waals surface area contributed by atoms with E-state index in [9.17, 15) is 18.0 Å². The van der Waals surface area contributed by atoms with Gasteiger partial charge in [-0.1, -0.05) is 0 Å². The summed E-state index contributed by atoms with van der Waals surface area (Å²) in [4.78, 5) is 15.2. The highest BCUT2D eigenvalue weighted by molar-refractivity contribution is 5.88. The minimum Gasteiger partial charge on any atom is -0.460 e. The first-order valence-electron chi connectivity index (χ1n) is 6.16. The molecule has 2 aromatic rings. The second-order valence-electron chi connectivity index (χ2n) is 4.22. The van der Waals surface area contributed by atoms with Gasteiger partial charge in [-0.15, -0.1) is 0 Å². The van der Waals surface area contributed by atoms with Crippen molar-refractivity contribution in [3.8, 4) is 11.5 Å². The number of hydrogen-bond acceptors (Lipinski definition) is 4. The summed E-state index contributed by atoms with van der Waals surface area (Å²) in [5.74, 6) is -2.27. The van der Waals surface area contributed by atoms with Gasteiger partial charge >= 0.3 is 5.97 Å². The zero-order valence-electron chi connectivity index (χ0n) is 11.3. The molecule has 21 heavy (non-hydrogen) atoms. The third kappa shape index (κ3) is 3.07. The summed E-state index contributed by atoms with van der Waals surface area (Å²) in [6, 6.07) is 3.89. The van der Waals surface area contributed by atoms with Crippen molar-refractivity contribution in [2.24, 2.45) is 0 Å². The van der Waals surface area contributed by atoms with Crippen LogP contribution < -0.4 is 0 Å². The largest absolute Gasteiger partial charge is 0.460 e. The lowest BCUT2D eigenvalue weighted by Gasteiger charge is -2.00. The van der Waals surface area contributed by atoms with Gasteiger partial charge in [-0.3, -0.25) is 0 Å². The zero-order chi connectivity index (χ0) is 15.6. The van der Waals surface area contributed by atoms with Gasteiger partial charge in [0.05, 0.1) is 6.61 Å². The Bertz CT molecular complexity index is 667. The van der Waals surface area contributed by atoms with Crippen molar-refractivity contribution in [3.05, 3.63) is 41.0 Å². The number of esters is 1. The van der Waals surface area contributed by atoms with E-state index in [-0.39, 0.29) is 12.5 Å². The van der Waals surface area contributed by atoms with Gasteiger partial charge in [0.1, 0.15) is 5.82 Å². The lowest BCUT2D eigenvalue weighted by molar-refractivity contribution is 0.0476. The molecular weight excluding hydrogens is 287 g/mol. The van der Waals surface area contributed by atoms with Gasteiger partial charge < -0.3 is 9.15 Å². The third-order valence-electron chi connectivity index (χ3n) is 2.73. The molecule has 112 valence electrons. The van der Waals surface area contributed by atoms with Crippen molar-refractivity contribution in [1.82, 2.24) is 4.98 Å². The monoisotopic (exact) mass is 299 g/mol. The Kier molecular flexibility index (Phi) is 4.30. The molecule has 2 rings (SSSR count). The molecule has 1 heterocycles. The van der Waals surface area contributed by atoms with Crippen LogP contribution in [0.25, 0.3) is 11.5 Å². The third-order valence-corrected chi connectivity index (χ3v) is 2.73. The second-order valence-corrected chi connectivity index (χ2v) is 4.22. The quantitative estimate of drug-likeness (QED) is 0.803. The molecule has 1 aromatic carbocycles. The zero-order valence-corrected chi connectivity index (χ0v) is 11.3. The molecule has 0 atom stereocenters. The fourth-order valence-corrected chi connectivity index (χ4v) is 1.72. The lowest BCUT2D eigenvalue weighted by Crippen LogP contribution is -2.06. The van der Waals surface area contributed by atoms with Crippen LogP contribution in [0.1, 0.15) is 35.2 Å². The van der Waals surface area contributed by atoms with Crippen LogP contribution in [-0.2, 0) is 4.74 Å². The van der Waals surface area contributed by atoms with Gasteiger partial charge in [-0.25, -0.2) is 22.9 Å². The Morgan fingerprint density at radius 2 is 2.14 bits per heavy atom. The van der Waals surface area contributed by atoms with Crippen LogP contribution in [0.15, 0.2) is 22.6 Å². The minimum absolute atomic E-state index is 0.0210. The van der Waals surface area contributed by atoms with Crippen molar-refractivity contribution in [2.75, 3.05) is 6.61 Å². The molecule has 0 unspecified atom stereocenters. The van der Waals surface area contributed by atoms with Gasteiger partial charge in [-0.05, 0) is 37.6 Å². The first-order chi connectivity index (χ1) is 9.93. The Hall–Kier alpha value is -2.31. The summed E-state index contributed by atoms with van der Waals surface area (Å²) in [6.45, 7) is 3.08. The van der Waals surface area contributed by atoms with Crippen LogP contribution >= 0.6 is 0 Å². The number of alkyl halides is 2. The first-order valence-corrected chi connectivity index (χ1v) is 6.16. The van der Waals surface area contributed by atoms with E-state index in [1.54, 1.807) is 6.92 Å². The van der Waals surface area contributed by atoms with E-state index >= 15 is 0 Å². The summed E-state index contributed by atoms with van der Waals surface area (Å²) in [7, 11) is 0. The Morgan fingerprint density at radius 3 is 2.71 bits per heavy atom. The Morgan fingerprint density at radius 1 is 1.43 bits per heavy atom. The normalized spacial score (nSPS) is 11.0. The molecule has 0 N–H and O–H groups in total. The molecule has 0 saturated heterocycles. The van der Waals surface area contributed by atoms with E-state index in [0.29, 0.717) is 11.1 Å². The maximum absolute atomic E-state index is 13.2. The Balaban J connectivity index is 2.48. The van der Waals surface area contributed by atoms with Crippen LogP contribution in [0.4, 0.5) is 13.2 Å². The minimum atomic E-state index is -2.98. The van der Waals surface area contributed by atoms with Crippen molar-refractivity contribution < 1.29 is 27.1 Å². The number of benzene rings is 1. The Labute approximate surface area is 118 Å². The van der Waals surface area contributed by atoms with Crippen LogP contribution in [0.2, 0.25) is 0 Å². The fourth-order valence-electron chi connectivity index (χ4n) is 1.72. The van der Waals surface area contributed by atoms with Gasteiger partial charge in [0.25, 0.3) is 6.43 Å². The molecule has 0 amide bonds. The SMILES string of the molecule is CCOC(=O)c1oc(-c2ccc(F)c(C)c2)nc1C(F)F. The van der Waals surface area contributed by atoms with Crippen LogP contribution in [0.3, 0.4) is 0 Å². The topological polar surface area (TPSA) is 52.3 Å². The molecule has 0 aliphatic rings. The van der Waals surface area contributed by atoms with Crippen molar-refractivity contribution >= 4 is 5.97 Å². The van der Waals surface area contributed by atoms with Gasteiger partial charge in [-0.2, -0.15) is 0 Å². The van der Waals surface area contributed by atoms with Gasteiger partial charge in [0.2, 0.25) is 11.7 Å². The molecule has 1 aromatic heterocycles. The molecule has 0 bridgehead atoms. The van der Waals surface area contributed by atoms with Crippen molar-refractivity contribution in [2.45, 2.75) is 20.3 Å². The van der Waals surface area contributed by atoms with E-state index in [0.717, 1.165) is 0 Å². The highest BCUT2D eigenvalue weighted by Gasteiger charge is 2.28. The molecule has 4 nitrogen and oxygen atoms in total. The van der Waals surface area contributed by atoms with E-state index < -0.39 is 29.7 Å². The van der Waals surface area contributed by atoms with Crippen LogP contribution in [-0.4, -0.2) is 17.6 Å². The molecule has 0 fully saturated rings. The fraction of sp³-hybridized carbons (Fsp3) is 0.286. The van der Waals surface area contributed by atoms with Crippen LogP contribution in [0, 0.1) is 12.7 Å². The maximum atomic E-state index is 13.2. The van der Waals surface area contributed by atoms with E-state index in [2.05, 4.69) is 9.72 Å². The number of hydrogen-bond donors (Lipinski definition) is 0. The average molecular weight is 299 g/mol. The lowest BCUT2D eigenvalue weighted by atomic mass is 10.1. The van der Waals surface area contributed by atoms with Gasteiger partial charge in [0.15, 0.2) is 5.69 Å². The number of rotatable bonds is 4. The van der Waals surface area contributed by atoms with Crippen molar-refractivity contribution in [1.29, 1.82) is 0 Å². The maximum Gasteiger partial charge on any atom is 0.376 e. The molecular formula is C14H12F3NO3. The second kappa shape index (κ2) is 5.99. The number of carbonyl (C=O) groups excluding carboxylic acids is 1. The highest BCUT2D eigenvalue weighted by atomic mass is 19.3. The van der Waals surface area contributed by atoms with E-state index in [4.69, 9.17) is 4.42 Å². The van der Waals surface area contributed by atoms with Gasteiger partial charge in [0, 0.05) is 5.56 Å². The molecule has 0 aliphatic heterocycles. The molecule has 7 heteroatoms. The number of aromatic nitrogens is 1. The standard InChI is InChI=1S/C14H12F3NO3/c1-3-20-14(19)11-10(12(16)17)18-13(21-11)8-4-5-9(15)7(2)6-8/h4-6,12H,3H2,1-2H3. The molecule has 0 radical (unpaired) electrons. The number of carbonyl (C=O) groups is 1. The smallest absolute Gasteiger partial charge is 0.376 e. The predicted octanol–water partition coefficient (Wildman–Crippen LogP) is 3.90. The first kappa shape index (κ1) is 15.1. The number of halogens is 3. The summed E-state index contributed by atoms with van der Waals surface area (Å²) >= 11 is 0. The molecule has 0 spiro atoms. The summed E-state index contributed by atoms with van der Waals surface area (Å²) < 4.78 is 48.8. The van der Waals surface area contributed by atoms with Crippen LogP contribution in [0.5, 0.6) is 0 Å². The number of nitrogens with zero attached hydrogens (tertiary/aromatic N) is 1. The summed E-state index contributed by atoms with van der Waals surface area (Å²) in [5.41, 5.74) is -0.182. The predicted molar refractivity (Wildman–Crippen MR) is 67.5 cm³/mol. The average Bonchev–Trinajstić information content (AvgIpc) is 2.87. The highest BCUT2D eigenvalue weighted by Crippen LogP contribution is 2.29. The van der Waals surface area contributed by atoms with Crippen molar-refractivity contribution in [3.63, 3.8) is 0 Å². The summed E-state index contributed by atoms with van der Waals surface area (Å²) in [6.07, 6.45) is -2.98. The molecule has 0 aliphatic carbocycles. The number of oxazole rings is 1. The summed E-state index contributed by atoms with van der Waals surface area (Å²) in [5, 5.41) is 0. The molecule has 0 saturated carbocycles. The number of ether oxygens (including phenoxy) is 1. The van der Waals surface area contributed by atoms with E-state index in [1.165, 1.54) is 25.1 Å². The van der Waals surface area contributed by atoms with E-state index in [1.807, 2.05) is 0 Å². The number of aryl methyl sites for hydroxylation is 1.